The molecule has 0 aliphatic carbocycles. The number of allylic oxidation sites excluding steroid dienone is 5. The van der Waals surface area contributed by atoms with Gasteiger partial charge in [0.05, 0.1) is 38.6 Å². The van der Waals surface area contributed by atoms with E-state index in [9.17, 15) is 61.0 Å². The summed E-state index contributed by atoms with van der Waals surface area (Å²) in [5.41, 5.74) is 0. The fourth-order valence-electron chi connectivity index (χ4n) is 12.1. The van der Waals surface area contributed by atoms with E-state index < -0.39 is 124 Å². The summed E-state index contributed by atoms with van der Waals surface area (Å²) in [6.07, 6.45) is 34.4. The van der Waals surface area contributed by atoms with Crippen molar-refractivity contribution in [3.8, 4) is 0 Å². The fraction of sp³-hybridized carbons (Fsp3) is 0.900. The van der Waals surface area contributed by atoms with Crippen molar-refractivity contribution in [2.24, 2.45) is 0 Å². The van der Waals surface area contributed by atoms with E-state index in [4.69, 9.17) is 28.4 Å². The minimum Gasteiger partial charge on any atom is -0.394 e. The van der Waals surface area contributed by atoms with Gasteiger partial charge in [0.25, 0.3) is 0 Å². The molecule has 0 aromatic carbocycles. The summed E-state index contributed by atoms with van der Waals surface area (Å²) in [6, 6.07) is -0.994. The van der Waals surface area contributed by atoms with E-state index in [0.29, 0.717) is 12.8 Å². The third-order valence-corrected chi connectivity index (χ3v) is 17.9. The van der Waals surface area contributed by atoms with E-state index in [1.807, 2.05) is 6.08 Å². The van der Waals surface area contributed by atoms with Crippen LogP contribution in [0.2, 0.25) is 0 Å². The van der Waals surface area contributed by atoms with E-state index in [1.165, 1.54) is 193 Å². The Bertz CT molecular complexity index is 1760. The Morgan fingerprint density at radius 3 is 1.12 bits per heavy atom. The first-order valence-corrected chi connectivity index (χ1v) is 35.7. The number of nitrogens with one attached hydrogen (secondary N) is 1. The van der Waals surface area contributed by atoms with Gasteiger partial charge in [-0.2, -0.15) is 0 Å². The van der Waals surface area contributed by atoms with Crippen LogP contribution in [0.25, 0.3) is 0 Å². The molecule has 1 amide bonds. The van der Waals surface area contributed by atoms with Crippen LogP contribution in [0.5, 0.6) is 0 Å². The van der Waals surface area contributed by atoms with Crippen LogP contribution in [0.1, 0.15) is 271 Å². The standard InChI is InChI=1S/C70H129NO18/c1-3-5-7-9-11-13-15-17-19-20-21-22-23-24-25-26-27-28-29-30-31-32-33-34-36-38-40-42-44-46-48-58(76)71-53(54(75)47-45-43-41-39-37-35-18-16-14-12-10-8-6-4-2)52-84-68-64(82)61(79)66(56(50-73)86-68)89-70-65(83)62(80)67(57(51-74)87-70)88-69-63(81)60(78)59(77)55(49-72)85-69/h14,16,37,39,45,47,53-57,59-70,72-75,77-83H,3-13,15,17-36,38,40-44,46,48-52H2,1-2H3,(H,71,76)/b16-14+,39-37+,47-45+. The molecular formula is C70H129NO18. The van der Waals surface area contributed by atoms with Crippen LogP contribution in [0.4, 0.5) is 0 Å². The van der Waals surface area contributed by atoms with Crippen LogP contribution in [-0.2, 0) is 33.2 Å². The lowest BCUT2D eigenvalue weighted by atomic mass is 9.96. The Balaban J connectivity index is 1.38. The van der Waals surface area contributed by atoms with Crippen molar-refractivity contribution in [3.63, 3.8) is 0 Å². The number of rotatable bonds is 55. The molecule has 12 N–H and O–H groups in total. The van der Waals surface area contributed by atoms with Gasteiger partial charge in [-0.1, -0.05) is 256 Å². The molecule has 17 atom stereocenters. The molecule has 0 saturated carbocycles. The summed E-state index contributed by atoms with van der Waals surface area (Å²) in [4.78, 5) is 13.4. The predicted molar refractivity (Wildman–Crippen MR) is 346 cm³/mol. The molecule has 3 aliphatic heterocycles. The second-order valence-electron chi connectivity index (χ2n) is 25.7. The molecule has 0 spiro atoms. The fourth-order valence-corrected chi connectivity index (χ4v) is 12.1. The molecule has 0 aromatic heterocycles. The highest BCUT2D eigenvalue weighted by Crippen LogP contribution is 2.33. The molecule has 3 saturated heterocycles. The van der Waals surface area contributed by atoms with Gasteiger partial charge in [0.1, 0.15) is 73.2 Å². The van der Waals surface area contributed by atoms with Crippen molar-refractivity contribution in [1.82, 2.24) is 5.32 Å². The van der Waals surface area contributed by atoms with Crippen molar-refractivity contribution in [1.29, 1.82) is 0 Å². The molecule has 0 aromatic rings. The third-order valence-electron chi connectivity index (χ3n) is 17.9. The molecule has 3 aliphatic rings. The molecule has 3 heterocycles. The predicted octanol–water partition coefficient (Wildman–Crippen LogP) is 9.61. The molecule has 17 unspecified atom stereocenters. The highest BCUT2D eigenvalue weighted by Gasteiger charge is 2.53. The van der Waals surface area contributed by atoms with Crippen molar-refractivity contribution in [3.05, 3.63) is 36.5 Å². The highest BCUT2D eigenvalue weighted by atomic mass is 16.8. The molecule has 3 rings (SSSR count). The average Bonchev–Trinajstić information content (AvgIpc) is 2.15. The summed E-state index contributed by atoms with van der Waals surface area (Å²) in [7, 11) is 0. The van der Waals surface area contributed by atoms with Gasteiger partial charge < -0.3 is 89.9 Å². The lowest BCUT2D eigenvalue weighted by Gasteiger charge is -2.48. The molecule has 19 heteroatoms. The quantitative estimate of drug-likeness (QED) is 0.0199. The number of hydrogen-bond donors (Lipinski definition) is 12. The summed E-state index contributed by atoms with van der Waals surface area (Å²) < 4.78 is 34.3. The van der Waals surface area contributed by atoms with Crippen LogP contribution in [0.3, 0.4) is 0 Å². The Kier molecular flexibility index (Phi) is 47.7. The zero-order valence-electron chi connectivity index (χ0n) is 55.2. The van der Waals surface area contributed by atoms with Gasteiger partial charge in [0, 0.05) is 6.42 Å². The summed E-state index contributed by atoms with van der Waals surface area (Å²) in [6.45, 7) is 1.70. The van der Waals surface area contributed by atoms with Crippen LogP contribution in [0, 0.1) is 0 Å². The largest absolute Gasteiger partial charge is 0.394 e. The van der Waals surface area contributed by atoms with Crippen molar-refractivity contribution in [2.75, 3.05) is 26.4 Å². The first kappa shape index (κ1) is 81.2. The number of unbranched alkanes of at least 4 members (excludes halogenated alkanes) is 35. The number of aliphatic hydroxyl groups excluding tert-OH is 11. The molecule has 0 radical (unpaired) electrons. The van der Waals surface area contributed by atoms with E-state index in [0.717, 1.165) is 44.9 Å². The topological polar surface area (TPSA) is 307 Å². The highest BCUT2D eigenvalue weighted by molar-refractivity contribution is 5.76. The van der Waals surface area contributed by atoms with Gasteiger partial charge in [-0.05, 0) is 44.9 Å². The summed E-state index contributed by atoms with van der Waals surface area (Å²) >= 11 is 0. The number of amides is 1. The average molecular weight is 1270 g/mol. The Morgan fingerprint density at radius 1 is 0.393 bits per heavy atom. The maximum absolute atomic E-state index is 13.4. The summed E-state index contributed by atoms with van der Waals surface area (Å²) in [5.74, 6) is -0.286. The van der Waals surface area contributed by atoms with Gasteiger partial charge in [-0.25, -0.2) is 0 Å². The van der Waals surface area contributed by atoms with E-state index >= 15 is 0 Å². The van der Waals surface area contributed by atoms with Gasteiger partial charge in [-0.15, -0.1) is 0 Å². The number of aliphatic hydroxyl groups is 11. The van der Waals surface area contributed by atoms with E-state index in [1.54, 1.807) is 6.08 Å². The first-order chi connectivity index (χ1) is 43.3. The third kappa shape index (κ3) is 34.3. The Morgan fingerprint density at radius 2 is 0.719 bits per heavy atom. The number of carbonyl (C=O) groups is 1. The van der Waals surface area contributed by atoms with Crippen molar-refractivity contribution >= 4 is 5.91 Å². The lowest BCUT2D eigenvalue weighted by Crippen LogP contribution is -2.66. The Hall–Kier alpha value is -1.99. The van der Waals surface area contributed by atoms with Crippen molar-refractivity contribution < 1.29 is 89.4 Å². The number of carbonyl (C=O) groups excluding carboxylic acids is 1. The molecular weight excluding hydrogens is 1140 g/mol. The zero-order valence-corrected chi connectivity index (χ0v) is 55.2. The van der Waals surface area contributed by atoms with E-state index in [2.05, 4.69) is 43.5 Å². The van der Waals surface area contributed by atoms with Gasteiger partial charge in [0.2, 0.25) is 5.91 Å². The SMILES string of the molecule is CCCCCC/C=C/CC/C=C/CC/C=C/C(O)C(COC1OC(CO)C(OC2OC(CO)C(OC3OC(CO)C(O)C(O)C3O)C(O)C2O)C(O)C1O)NC(=O)CCCCCCCCCCCCCCCCCCCCCCCCCCCCCCCC. The van der Waals surface area contributed by atoms with Crippen LogP contribution < -0.4 is 5.32 Å². The number of hydrogen-bond acceptors (Lipinski definition) is 18. The normalized spacial score (nSPS) is 28.4. The van der Waals surface area contributed by atoms with Crippen LogP contribution in [0.15, 0.2) is 36.5 Å². The Labute approximate surface area is 536 Å². The maximum Gasteiger partial charge on any atom is 0.220 e. The first-order valence-electron chi connectivity index (χ1n) is 35.7. The summed E-state index contributed by atoms with van der Waals surface area (Å²) in [5, 5.41) is 120. The van der Waals surface area contributed by atoms with Crippen molar-refractivity contribution in [2.45, 2.75) is 375 Å². The zero-order chi connectivity index (χ0) is 64.7. The number of ether oxygens (including phenoxy) is 6. The second kappa shape index (κ2) is 52.3. The van der Waals surface area contributed by atoms with E-state index in [-0.39, 0.29) is 18.9 Å². The molecule has 3 fully saturated rings. The molecule has 522 valence electrons. The second-order valence-corrected chi connectivity index (χ2v) is 25.7. The van der Waals surface area contributed by atoms with Gasteiger partial charge >= 0.3 is 0 Å². The molecule has 89 heavy (non-hydrogen) atoms. The van der Waals surface area contributed by atoms with Crippen LogP contribution >= 0.6 is 0 Å². The molecule has 0 bridgehead atoms. The van der Waals surface area contributed by atoms with Gasteiger partial charge in [-0.3, -0.25) is 4.79 Å². The smallest absolute Gasteiger partial charge is 0.220 e. The van der Waals surface area contributed by atoms with Gasteiger partial charge in [0.15, 0.2) is 18.9 Å². The maximum atomic E-state index is 13.4. The monoisotopic (exact) mass is 1270 g/mol. The molecule has 19 nitrogen and oxygen atoms in total. The van der Waals surface area contributed by atoms with Crippen LogP contribution in [-0.4, -0.2) is 193 Å². The minimum atomic E-state index is -1.98. The lowest BCUT2D eigenvalue weighted by molar-refractivity contribution is -0.379. The minimum absolute atomic E-state index is 0.236.